The molecule has 1 aliphatic carbocycles. The summed E-state index contributed by atoms with van der Waals surface area (Å²) < 4.78 is 0. The Balaban J connectivity index is 1.56. The largest absolute Gasteiger partial charge is 0.313 e. The highest BCUT2D eigenvalue weighted by molar-refractivity contribution is 7.13. The highest BCUT2D eigenvalue weighted by Crippen LogP contribution is 2.29. The summed E-state index contributed by atoms with van der Waals surface area (Å²) in [6.45, 7) is 4.70. The molecule has 3 rings (SSSR count). The lowest BCUT2D eigenvalue weighted by molar-refractivity contribution is -0.114. The summed E-state index contributed by atoms with van der Waals surface area (Å²) in [7, 11) is 0. The van der Waals surface area contributed by atoms with Crippen LogP contribution >= 0.6 is 11.3 Å². The van der Waals surface area contributed by atoms with Crippen molar-refractivity contribution in [1.29, 1.82) is 0 Å². The fraction of sp³-hybridized carbons (Fsp3) is 0.733. The van der Waals surface area contributed by atoms with E-state index in [2.05, 4.69) is 25.9 Å². The summed E-state index contributed by atoms with van der Waals surface area (Å²) in [5.74, 6) is -0.0543. The van der Waals surface area contributed by atoms with Crippen LogP contribution in [0.2, 0.25) is 0 Å². The van der Waals surface area contributed by atoms with Gasteiger partial charge in [-0.1, -0.05) is 6.42 Å². The molecule has 116 valence electrons. The highest BCUT2D eigenvalue weighted by Gasteiger charge is 2.31. The molecule has 1 atom stereocenters. The number of hydrogen-bond donors (Lipinski definition) is 2. The second kappa shape index (κ2) is 6.85. The number of nitrogens with zero attached hydrogens (tertiary/aromatic N) is 2. The molecule has 2 fully saturated rings. The maximum atomic E-state index is 11.1. The number of nitrogens with one attached hydrogen (secondary N) is 2. The average molecular weight is 308 g/mol. The number of anilines is 1. The molecule has 2 N–H and O–H groups in total. The van der Waals surface area contributed by atoms with Crippen LogP contribution in [0.5, 0.6) is 0 Å². The number of aromatic nitrogens is 1. The lowest BCUT2D eigenvalue weighted by Gasteiger charge is -2.30. The van der Waals surface area contributed by atoms with Crippen LogP contribution in [-0.2, 0) is 11.3 Å². The third kappa shape index (κ3) is 4.49. The van der Waals surface area contributed by atoms with Crippen LogP contribution < -0.4 is 10.6 Å². The van der Waals surface area contributed by atoms with Gasteiger partial charge in [0.05, 0.1) is 5.69 Å². The molecule has 1 amide bonds. The van der Waals surface area contributed by atoms with Crippen LogP contribution in [0.15, 0.2) is 5.38 Å². The van der Waals surface area contributed by atoms with Gasteiger partial charge in [0.25, 0.3) is 0 Å². The van der Waals surface area contributed by atoms with Crippen molar-refractivity contribution in [2.45, 2.75) is 57.7 Å². The van der Waals surface area contributed by atoms with Gasteiger partial charge in [0.15, 0.2) is 5.13 Å². The first kappa shape index (κ1) is 14.9. The van der Waals surface area contributed by atoms with Crippen molar-refractivity contribution in [2.24, 2.45) is 0 Å². The third-order valence-corrected chi connectivity index (χ3v) is 4.94. The molecular formula is C15H24N4OS. The van der Waals surface area contributed by atoms with E-state index in [1.807, 2.05) is 0 Å². The van der Waals surface area contributed by atoms with Gasteiger partial charge in [0.2, 0.25) is 5.91 Å². The Morgan fingerprint density at radius 2 is 2.33 bits per heavy atom. The molecule has 6 heteroatoms. The van der Waals surface area contributed by atoms with Crippen LogP contribution in [0.3, 0.4) is 0 Å². The van der Waals surface area contributed by atoms with E-state index in [4.69, 9.17) is 0 Å². The first-order chi connectivity index (χ1) is 10.2. The maximum Gasteiger partial charge on any atom is 0.223 e. The molecule has 0 radical (unpaired) electrons. The molecule has 5 nitrogen and oxygen atoms in total. The first-order valence-corrected chi connectivity index (χ1v) is 8.78. The zero-order valence-corrected chi connectivity index (χ0v) is 13.4. The Labute approximate surface area is 130 Å². The summed E-state index contributed by atoms with van der Waals surface area (Å²) >= 11 is 1.51. The molecule has 0 aromatic carbocycles. The van der Waals surface area contributed by atoms with Gasteiger partial charge in [0.1, 0.15) is 0 Å². The summed E-state index contributed by atoms with van der Waals surface area (Å²) in [4.78, 5) is 18.1. The average Bonchev–Trinajstić information content (AvgIpc) is 3.22. The molecule has 2 heterocycles. The second-order valence-electron chi connectivity index (χ2n) is 6.13. The summed E-state index contributed by atoms with van der Waals surface area (Å²) in [6.07, 6.45) is 6.58. The van der Waals surface area contributed by atoms with Crippen LogP contribution in [0.1, 0.15) is 44.7 Å². The van der Waals surface area contributed by atoms with Crippen LogP contribution in [0.4, 0.5) is 5.13 Å². The number of amides is 1. The van der Waals surface area contributed by atoms with Crippen molar-refractivity contribution >= 4 is 22.4 Å². The van der Waals surface area contributed by atoms with Crippen LogP contribution in [-0.4, -0.2) is 41.0 Å². The van der Waals surface area contributed by atoms with E-state index in [1.54, 1.807) is 0 Å². The van der Waals surface area contributed by atoms with Gasteiger partial charge in [-0.3, -0.25) is 9.69 Å². The van der Waals surface area contributed by atoms with Gasteiger partial charge >= 0.3 is 0 Å². The van der Waals surface area contributed by atoms with Crippen molar-refractivity contribution in [3.8, 4) is 0 Å². The normalized spacial score (nSPS) is 22.5. The van der Waals surface area contributed by atoms with E-state index in [-0.39, 0.29) is 5.91 Å². The highest BCUT2D eigenvalue weighted by atomic mass is 32.1. The van der Waals surface area contributed by atoms with Crippen LogP contribution in [0.25, 0.3) is 0 Å². The van der Waals surface area contributed by atoms with E-state index in [9.17, 15) is 4.79 Å². The summed E-state index contributed by atoms with van der Waals surface area (Å²) in [6, 6.07) is 1.37. The van der Waals surface area contributed by atoms with E-state index < -0.39 is 0 Å². The number of hydrogen-bond acceptors (Lipinski definition) is 5. The minimum absolute atomic E-state index is 0.0543. The second-order valence-corrected chi connectivity index (χ2v) is 6.99. The molecule has 1 aliphatic heterocycles. The summed E-state index contributed by atoms with van der Waals surface area (Å²) in [5.41, 5.74) is 1.08. The van der Waals surface area contributed by atoms with Gasteiger partial charge in [-0.15, -0.1) is 11.3 Å². The fourth-order valence-electron chi connectivity index (χ4n) is 2.94. The quantitative estimate of drug-likeness (QED) is 0.846. The maximum absolute atomic E-state index is 11.1. The molecule has 1 unspecified atom stereocenters. The van der Waals surface area contributed by atoms with Crippen molar-refractivity contribution in [2.75, 3.05) is 18.4 Å². The standard InChI is InChI=1S/C15H24N4OS/c1-11(20)17-15-18-13(10-21-15)9-19(14-5-6-14)8-12-4-2-3-7-16-12/h10,12,14,16H,2-9H2,1H3,(H,17,18,20). The molecule has 21 heavy (non-hydrogen) atoms. The number of piperidine rings is 1. The molecule has 1 aromatic rings. The van der Waals surface area contributed by atoms with Crippen molar-refractivity contribution in [3.05, 3.63) is 11.1 Å². The van der Waals surface area contributed by atoms with E-state index in [0.29, 0.717) is 11.2 Å². The zero-order chi connectivity index (χ0) is 14.7. The number of rotatable bonds is 6. The molecule has 0 spiro atoms. The smallest absolute Gasteiger partial charge is 0.223 e. The predicted octanol–water partition coefficient (Wildman–Crippen LogP) is 2.21. The van der Waals surface area contributed by atoms with Gasteiger partial charge in [-0.25, -0.2) is 4.98 Å². The Hall–Kier alpha value is -0.980. The van der Waals surface area contributed by atoms with Gasteiger partial charge in [-0.05, 0) is 32.2 Å². The van der Waals surface area contributed by atoms with Crippen LogP contribution in [0, 0.1) is 0 Å². The van der Waals surface area contributed by atoms with E-state index in [0.717, 1.165) is 31.4 Å². The Bertz CT molecular complexity index is 480. The monoisotopic (exact) mass is 308 g/mol. The molecule has 2 aliphatic rings. The van der Waals surface area contributed by atoms with Crippen molar-refractivity contribution in [1.82, 2.24) is 15.2 Å². The zero-order valence-electron chi connectivity index (χ0n) is 12.6. The van der Waals surface area contributed by atoms with Crippen molar-refractivity contribution < 1.29 is 4.79 Å². The number of carbonyl (C=O) groups excluding carboxylic acids is 1. The van der Waals surface area contributed by atoms with Gasteiger partial charge < -0.3 is 10.6 Å². The summed E-state index contributed by atoms with van der Waals surface area (Å²) in [5, 5.41) is 9.17. The minimum Gasteiger partial charge on any atom is -0.313 e. The number of carbonyl (C=O) groups is 1. The minimum atomic E-state index is -0.0543. The topological polar surface area (TPSA) is 57.3 Å². The van der Waals surface area contributed by atoms with Crippen molar-refractivity contribution in [3.63, 3.8) is 0 Å². The van der Waals surface area contributed by atoms with E-state index >= 15 is 0 Å². The van der Waals surface area contributed by atoms with E-state index in [1.165, 1.54) is 50.4 Å². The molecule has 1 saturated heterocycles. The molecule has 0 bridgehead atoms. The Morgan fingerprint density at radius 1 is 1.48 bits per heavy atom. The Kier molecular flexibility index (Phi) is 4.87. The SMILES string of the molecule is CC(=O)Nc1nc(CN(CC2CCCCN2)C2CC2)cs1. The van der Waals surface area contributed by atoms with Gasteiger partial charge in [0, 0.05) is 37.5 Å². The molecular weight excluding hydrogens is 284 g/mol. The molecule has 1 aromatic heterocycles. The molecule has 1 saturated carbocycles. The lowest BCUT2D eigenvalue weighted by Crippen LogP contribution is -2.44. The predicted molar refractivity (Wildman–Crippen MR) is 85.5 cm³/mol. The Morgan fingerprint density at radius 3 is 3.00 bits per heavy atom. The first-order valence-electron chi connectivity index (χ1n) is 7.90. The van der Waals surface area contributed by atoms with Gasteiger partial charge in [-0.2, -0.15) is 0 Å². The third-order valence-electron chi connectivity index (χ3n) is 4.13. The number of thiazole rings is 1. The lowest BCUT2D eigenvalue weighted by atomic mass is 10.0. The fourth-order valence-corrected chi connectivity index (χ4v) is 3.69.